The Morgan fingerprint density at radius 2 is 2.16 bits per heavy atom. The third-order valence-electron chi connectivity index (χ3n) is 4.39. The van der Waals surface area contributed by atoms with Crippen LogP contribution in [0, 0.1) is 12.3 Å². The molecule has 0 heterocycles. The van der Waals surface area contributed by atoms with Gasteiger partial charge in [0.15, 0.2) is 0 Å². The van der Waals surface area contributed by atoms with Gasteiger partial charge < -0.3 is 11.1 Å². The first-order chi connectivity index (χ1) is 9.10. The first-order valence-electron chi connectivity index (χ1n) is 7.18. The van der Waals surface area contributed by atoms with Crippen molar-refractivity contribution >= 4 is 11.6 Å². The van der Waals surface area contributed by atoms with Gasteiger partial charge in [-0.25, -0.2) is 0 Å². The van der Waals surface area contributed by atoms with Gasteiger partial charge in [-0.2, -0.15) is 0 Å². The number of benzene rings is 1. The summed E-state index contributed by atoms with van der Waals surface area (Å²) in [7, 11) is 0. The third-order valence-corrected chi connectivity index (χ3v) is 4.39. The number of para-hydroxylation sites is 1. The monoisotopic (exact) mass is 260 g/mol. The van der Waals surface area contributed by atoms with Crippen LogP contribution in [0.3, 0.4) is 0 Å². The van der Waals surface area contributed by atoms with Crippen LogP contribution in [0.4, 0.5) is 5.69 Å². The maximum Gasteiger partial charge on any atom is 0.224 e. The molecule has 1 aromatic carbocycles. The fraction of sp³-hybridized carbons (Fsp3) is 0.562. The molecule has 19 heavy (non-hydrogen) atoms. The minimum atomic E-state index is 0.0686. The van der Waals surface area contributed by atoms with Crippen LogP contribution in [0.1, 0.15) is 43.7 Å². The number of aryl methyl sites for hydroxylation is 2. The van der Waals surface area contributed by atoms with E-state index in [1.807, 2.05) is 19.1 Å². The molecule has 1 saturated carbocycles. The Morgan fingerprint density at radius 1 is 1.42 bits per heavy atom. The lowest BCUT2D eigenvalue weighted by Crippen LogP contribution is -2.40. The highest BCUT2D eigenvalue weighted by atomic mass is 16.1. The van der Waals surface area contributed by atoms with Crippen LogP contribution in [-0.2, 0) is 11.2 Å². The van der Waals surface area contributed by atoms with Crippen LogP contribution in [0.25, 0.3) is 0 Å². The molecular weight excluding hydrogens is 236 g/mol. The number of anilines is 1. The molecule has 0 aromatic heterocycles. The van der Waals surface area contributed by atoms with Gasteiger partial charge in [0.2, 0.25) is 5.91 Å². The topological polar surface area (TPSA) is 55.1 Å². The Hall–Kier alpha value is -1.35. The van der Waals surface area contributed by atoms with Crippen molar-refractivity contribution in [2.75, 3.05) is 11.9 Å². The summed E-state index contributed by atoms with van der Waals surface area (Å²) in [4.78, 5) is 12.2. The second kappa shape index (κ2) is 5.74. The van der Waals surface area contributed by atoms with E-state index in [9.17, 15) is 4.79 Å². The summed E-state index contributed by atoms with van der Waals surface area (Å²) in [5, 5.41) is 3.09. The molecule has 0 atom stereocenters. The van der Waals surface area contributed by atoms with Crippen LogP contribution in [0.15, 0.2) is 18.2 Å². The van der Waals surface area contributed by atoms with E-state index in [1.54, 1.807) is 0 Å². The first-order valence-corrected chi connectivity index (χ1v) is 7.18. The SMILES string of the molecule is CCc1cccc(C)c1NC(=O)CC1(CN)CCC1. The van der Waals surface area contributed by atoms with Crippen LogP contribution < -0.4 is 11.1 Å². The van der Waals surface area contributed by atoms with Crippen LogP contribution >= 0.6 is 0 Å². The lowest BCUT2D eigenvalue weighted by Gasteiger charge is -2.40. The molecule has 1 amide bonds. The Bertz CT molecular complexity index is 458. The maximum absolute atomic E-state index is 12.2. The fourth-order valence-electron chi connectivity index (χ4n) is 2.86. The van der Waals surface area contributed by atoms with Crippen molar-refractivity contribution < 1.29 is 4.79 Å². The van der Waals surface area contributed by atoms with Gasteiger partial charge in [-0.15, -0.1) is 0 Å². The zero-order valence-electron chi connectivity index (χ0n) is 12.0. The summed E-state index contributed by atoms with van der Waals surface area (Å²) in [5.41, 5.74) is 9.20. The number of nitrogens with one attached hydrogen (secondary N) is 1. The molecule has 0 unspecified atom stereocenters. The van der Waals surface area contributed by atoms with E-state index in [-0.39, 0.29) is 11.3 Å². The minimum Gasteiger partial charge on any atom is -0.330 e. The first kappa shape index (κ1) is 14.1. The molecule has 1 aliphatic rings. The Morgan fingerprint density at radius 3 is 2.68 bits per heavy atom. The Labute approximate surface area is 115 Å². The van der Waals surface area contributed by atoms with Crippen molar-refractivity contribution in [3.8, 4) is 0 Å². The van der Waals surface area contributed by atoms with E-state index in [2.05, 4.69) is 18.3 Å². The van der Waals surface area contributed by atoms with Gasteiger partial charge in [0.05, 0.1) is 0 Å². The average molecular weight is 260 g/mol. The second-order valence-electron chi connectivity index (χ2n) is 5.75. The van der Waals surface area contributed by atoms with Gasteiger partial charge in [-0.05, 0) is 49.3 Å². The molecule has 3 heteroatoms. The van der Waals surface area contributed by atoms with Gasteiger partial charge in [0.25, 0.3) is 0 Å². The third kappa shape index (κ3) is 2.98. The molecular formula is C16H24N2O. The highest BCUT2D eigenvalue weighted by Gasteiger charge is 2.37. The van der Waals surface area contributed by atoms with Crippen molar-refractivity contribution in [2.45, 2.75) is 46.0 Å². The molecule has 0 radical (unpaired) electrons. The molecule has 2 rings (SSSR count). The normalized spacial score (nSPS) is 16.8. The smallest absolute Gasteiger partial charge is 0.224 e. The number of carbonyl (C=O) groups excluding carboxylic acids is 1. The van der Waals surface area contributed by atoms with Crippen molar-refractivity contribution in [1.82, 2.24) is 0 Å². The zero-order valence-corrected chi connectivity index (χ0v) is 12.0. The van der Waals surface area contributed by atoms with Crippen LogP contribution in [0.2, 0.25) is 0 Å². The highest BCUT2D eigenvalue weighted by Crippen LogP contribution is 2.43. The van der Waals surface area contributed by atoms with E-state index in [0.717, 1.165) is 30.5 Å². The summed E-state index contributed by atoms with van der Waals surface area (Å²) >= 11 is 0. The quantitative estimate of drug-likeness (QED) is 0.855. The maximum atomic E-state index is 12.2. The molecule has 3 nitrogen and oxygen atoms in total. The molecule has 3 N–H and O–H groups in total. The van der Waals surface area contributed by atoms with Crippen molar-refractivity contribution in [3.63, 3.8) is 0 Å². The largest absolute Gasteiger partial charge is 0.330 e. The van der Waals surface area contributed by atoms with Gasteiger partial charge in [0, 0.05) is 12.1 Å². The number of hydrogen-bond donors (Lipinski definition) is 2. The van der Waals surface area contributed by atoms with Crippen molar-refractivity contribution in [2.24, 2.45) is 11.1 Å². The van der Waals surface area contributed by atoms with Crippen molar-refractivity contribution in [3.05, 3.63) is 29.3 Å². The average Bonchev–Trinajstić information content (AvgIpc) is 2.36. The molecule has 0 aliphatic heterocycles. The van der Waals surface area contributed by atoms with Crippen LogP contribution in [-0.4, -0.2) is 12.5 Å². The molecule has 0 bridgehead atoms. The number of amides is 1. The molecule has 1 aliphatic carbocycles. The number of nitrogens with two attached hydrogens (primary N) is 1. The number of carbonyl (C=O) groups is 1. The van der Waals surface area contributed by atoms with E-state index in [4.69, 9.17) is 5.73 Å². The van der Waals surface area contributed by atoms with Gasteiger partial charge in [0.1, 0.15) is 0 Å². The Kier molecular flexibility index (Phi) is 4.25. The summed E-state index contributed by atoms with van der Waals surface area (Å²) < 4.78 is 0. The zero-order chi connectivity index (χ0) is 13.9. The van der Waals surface area contributed by atoms with Crippen LogP contribution in [0.5, 0.6) is 0 Å². The van der Waals surface area contributed by atoms with E-state index < -0.39 is 0 Å². The summed E-state index contributed by atoms with van der Waals surface area (Å²) in [6.45, 7) is 4.77. The van der Waals surface area contributed by atoms with Gasteiger partial charge in [-0.1, -0.05) is 31.5 Å². The molecule has 0 saturated heterocycles. The predicted molar refractivity (Wildman–Crippen MR) is 79.1 cm³/mol. The van der Waals surface area contributed by atoms with E-state index in [1.165, 1.54) is 12.0 Å². The molecule has 104 valence electrons. The van der Waals surface area contributed by atoms with Crippen molar-refractivity contribution in [1.29, 1.82) is 0 Å². The lowest BCUT2D eigenvalue weighted by atomic mass is 9.66. The second-order valence-corrected chi connectivity index (χ2v) is 5.75. The fourth-order valence-corrected chi connectivity index (χ4v) is 2.86. The molecule has 1 fully saturated rings. The Balaban J connectivity index is 2.07. The highest BCUT2D eigenvalue weighted by molar-refractivity contribution is 5.92. The minimum absolute atomic E-state index is 0.0686. The lowest BCUT2D eigenvalue weighted by molar-refractivity contribution is -0.119. The van der Waals surface area contributed by atoms with Gasteiger partial charge >= 0.3 is 0 Å². The van der Waals surface area contributed by atoms with Gasteiger partial charge in [-0.3, -0.25) is 4.79 Å². The predicted octanol–water partition coefficient (Wildman–Crippen LogP) is 3.02. The van der Waals surface area contributed by atoms with E-state index >= 15 is 0 Å². The standard InChI is InChI=1S/C16H24N2O/c1-3-13-7-4-6-12(2)15(13)18-14(19)10-16(11-17)8-5-9-16/h4,6-7H,3,5,8-11,17H2,1-2H3,(H,18,19). The summed E-state index contributed by atoms with van der Waals surface area (Å²) in [6, 6.07) is 6.15. The molecule has 1 aromatic rings. The number of rotatable bonds is 5. The molecule has 0 spiro atoms. The summed E-state index contributed by atoms with van der Waals surface area (Å²) in [5.74, 6) is 0.106. The number of hydrogen-bond acceptors (Lipinski definition) is 2. The summed E-state index contributed by atoms with van der Waals surface area (Å²) in [6.07, 6.45) is 4.87. The van der Waals surface area contributed by atoms with E-state index in [0.29, 0.717) is 13.0 Å².